The summed E-state index contributed by atoms with van der Waals surface area (Å²) in [5.41, 5.74) is 20.4. The third-order valence-electron chi connectivity index (χ3n) is 13.9. The van der Waals surface area contributed by atoms with Gasteiger partial charge >= 0.3 is 0 Å². The Kier molecular flexibility index (Phi) is 7.95. The lowest BCUT2D eigenvalue weighted by Crippen LogP contribution is -2.15. The van der Waals surface area contributed by atoms with Gasteiger partial charge in [-0.15, -0.1) is 0 Å². The summed E-state index contributed by atoms with van der Waals surface area (Å²) < 4.78 is 2.38. The van der Waals surface area contributed by atoms with Crippen molar-refractivity contribution in [2.45, 2.75) is 19.3 Å². The van der Waals surface area contributed by atoms with Gasteiger partial charge in [-0.3, -0.25) is 9.97 Å². The lowest BCUT2D eigenvalue weighted by Gasteiger charge is -2.23. The second-order valence-electron chi connectivity index (χ2n) is 17.8. The van der Waals surface area contributed by atoms with E-state index < -0.39 is 0 Å². The predicted octanol–water partition coefficient (Wildman–Crippen LogP) is 16.0. The molecule has 0 unspecified atom stereocenters. The predicted molar refractivity (Wildman–Crippen MR) is 268 cm³/mol. The van der Waals surface area contributed by atoms with Gasteiger partial charge in [0.25, 0.3) is 0 Å². The minimum absolute atomic E-state index is 0.169. The Balaban J connectivity index is 0.813. The van der Waals surface area contributed by atoms with Gasteiger partial charge in [-0.2, -0.15) is 0 Å². The number of para-hydroxylation sites is 2. The minimum Gasteiger partial charge on any atom is -0.309 e. The van der Waals surface area contributed by atoms with E-state index in [0.29, 0.717) is 0 Å². The second kappa shape index (κ2) is 13.9. The van der Waals surface area contributed by atoms with Gasteiger partial charge in [0.1, 0.15) is 0 Å². The molecular weight excluding hydrogens is 775 g/mol. The van der Waals surface area contributed by atoms with Gasteiger partial charge in [0, 0.05) is 45.0 Å². The zero-order chi connectivity index (χ0) is 42.5. The fraction of sp³-hybridized carbons (Fsp3) is 0.0492. The average molecular weight is 816 g/mol. The summed E-state index contributed by atoms with van der Waals surface area (Å²) in [5, 5.41) is 7.20. The van der Waals surface area contributed by atoms with Crippen molar-refractivity contribution in [1.82, 2.24) is 14.5 Å². The quantitative estimate of drug-likeness (QED) is 0.162. The fourth-order valence-corrected chi connectivity index (χ4v) is 10.6. The van der Waals surface area contributed by atoms with E-state index in [9.17, 15) is 0 Å². The highest BCUT2D eigenvalue weighted by Gasteiger charge is 2.36. The van der Waals surface area contributed by atoms with Gasteiger partial charge in [-0.25, -0.2) is 0 Å². The molecule has 0 aliphatic heterocycles. The summed E-state index contributed by atoms with van der Waals surface area (Å²) in [5.74, 6) is 0. The summed E-state index contributed by atoms with van der Waals surface area (Å²) in [7, 11) is 0. The number of fused-ring (bicyclic) bond motifs is 12. The molecule has 2 heterocycles. The molecule has 13 rings (SSSR count). The van der Waals surface area contributed by atoms with Crippen LogP contribution in [-0.2, 0) is 5.41 Å². The molecule has 0 saturated carbocycles. The summed E-state index contributed by atoms with van der Waals surface area (Å²) in [6.07, 6.45) is 3.58. The third kappa shape index (κ3) is 5.54. The van der Waals surface area contributed by atoms with Crippen LogP contribution < -0.4 is 0 Å². The summed E-state index contributed by atoms with van der Waals surface area (Å²) >= 11 is 0. The maximum atomic E-state index is 4.77. The van der Waals surface area contributed by atoms with Crippen molar-refractivity contribution < 1.29 is 0 Å². The van der Waals surface area contributed by atoms with E-state index in [2.05, 4.69) is 219 Å². The van der Waals surface area contributed by atoms with Crippen LogP contribution >= 0.6 is 0 Å². The summed E-state index contributed by atoms with van der Waals surface area (Å²) in [6, 6.07) is 73.8. The van der Waals surface area contributed by atoms with Crippen molar-refractivity contribution in [2.24, 2.45) is 0 Å². The lowest BCUT2D eigenvalue weighted by molar-refractivity contribution is 0.661. The normalized spacial score (nSPS) is 13.0. The molecule has 2 aromatic heterocycles. The molecule has 64 heavy (non-hydrogen) atoms. The van der Waals surface area contributed by atoms with Crippen molar-refractivity contribution in [1.29, 1.82) is 0 Å². The number of benzene rings is 10. The van der Waals surface area contributed by atoms with E-state index in [-0.39, 0.29) is 5.41 Å². The van der Waals surface area contributed by atoms with Crippen molar-refractivity contribution in [3.8, 4) is 61.3 Å². The molecule has 3 heteroatoms. The number of rotatable bonds is 5. The second-order valence-corrected chi connectivity index (χ2v) is 17.8. The van der Waals surface area contributed by atoms with E-state index in [1.807, 2.05) is 0 Å². The average Bonchev–Trinajstić information content (AvgIpc) is 3.81. The largest absolute Gasteiger partial charge is 0.309 e. The van der Waals surface area contributed by atoms with Crippen molar-refractivity contribution in [2.75, 3.05) is 0 Å². The molecule has 0 amide bonds. The molecule has 0 bridgehead atoms. The first-order valence-electron chi connectivity index (χ1n) is 22.1. The van der Waals surface area contributed by atoms with Gasteiger partial charge in [0.05, 0.1) is 22.1 Å². The molecule has 10 aromatic carbocycles. The highest BCUT2D eigenvalue weighted by molar-refractivity contribution is 6.23. The molecular formula is C61H41N3. The molecule has 300 valence electrons. The number of hydrogen-bond donors (Lipinski definition) is 0. The van der Waals surface area contributed by atoms with Crippen LogP contribution in [0.4, 0.5) is 0 Å². The van der Waals surface area contributed by atoms with Gasteiger partial charge in [0.15, 0.2) is 0 Å². The Bertz CT molecular complexity index is 3820. The van der Waals surface area contributed by atoms with Gasteiger partial charge in [-0.05, 0) is 126 Å². The minimum atomic E-state index is -0.169. The first kappa shape index (κ1) is 36.5. The van der Waals surface area contributed by atoms with Gasteiger partial charge < -0.3 is 4.57 Å². The van der Waals surface area contributed by atoms with Crippen molar-refractivity contribution >= 4 is 54.4 Å². The number of hydrogen-bond acceptors (Lipinski definition) is 2. The highest BCUT2D eigenvalue weighted by Crippen LogP contribution is 2.51. The zero-order valence-corrected chi connectivity index (χ0v) is 35.5. The van der Waals surface area contributed by atoms with Crippen LogP contribution in [0.2, 0.25) is 0 Å². The lowest BCUT2D eigenvalue weighted by atomic mass is 9.80. The van der Waals surface area contributed by atoms with E-state index in [0.717, 1.165) is 21.8 Å². The van der Waals surface area contributed by atoms with Crippen LogP contribution in [0.15, 0.2) is 213 Å². The number of nitrogens with zero attached hydrogens (tertiary/aromatic N) is 3. The van der Waals surface area contributed by atoms with Crippen LogP contribution in [-0.4, -0.2) is 14.5 Å². The van der Waals surface area contributed by atoms with Gasteiger partial charge in [0.2, 0.25) is 0 Å². The van der Waals surface area contributed by atoms with Crippen LogP contribution in [0, 0.1) is 0 Å². The Morgan fingerprint density at radius 3 is 1.47 bits per heavy atom. The van der Waals surface area contributed by atoms with Crippen LogP contribution in [0.25, 0.3) is 116 Å². The standard InChI is InChI=1S/C61H41N3/c1-61(2)55-35-43(23-27-48(55)49-28-24-44(36-56(49)61)42-26-30-53-54(34-42)47-15-6-7-17-52(47)59-60(53)63-32-31-62-59)41-12-10-11-40(33-41)38-19-21-39(22-20-38)45-25-29-51-50-16-8-9-18-57(50)64(58(51)37-45)46-13-4-3-5-14-46/h3-37H,1-2H3. The Morgan fingerprint density at radius 2 is 0.797 bits per heavy atom. The zero-order valence-electron chi connectivity index (χ0n) is 35.5. The molecule has 12 aromatic rings. The van der Waals surface area contributed by atoms with E-state index in [1.165, 1.54) is 105 Å². The summed E-state index contributed by atoms with van der Waals surface area (Å²) in [6.45, 7) is 4.75. The molecule has 1 aliphatic rings. The van der Waals surface area contributed by atoms with Crippen molar-refractivity contribution in [3.05, 3.63) is 224 Å². The Morgan fingerprint density at radius 1 is 0.328 bits per heavy atom. The number of aromatic nitrogens is 3. The van der Waals surface area contributed by atoms with Crippen LogP contribution in [0.5, 0.6) is 0 Å². The highest BCUT2D eigenvalue weighted by atomic mass is 15.0. The molecule has 3 nitrogen and oxygen atoms in total. The smallest absolute Gasteiger partial charge is 0.0971 e. The monoisotopic (exact) mass is 815 g/mol. The first-order valence-corrected chi connectivity index (χ1v) is 22.1. The summed E-state index contributed by atoms with van der Waals surface area (Å²) in [4.78, 5) is 9.50. The Hall–Kier alpha value is -8.14. The molecule has 0 radical (unpaired) electrons. The van der Waals surface area contributed by atoms with E-state index in [4.69, 9.17) is 9.97 Å². The van der Waals surface area contributed by atoms with Crippen LogP contribution in [0.1, 0.15) is 25.0 Å². The molecule has 0 saturated heterocycles. The Labute approximate surface area is 371 Å². The SMILES string of the molecule is CC1(C)c2cc(-c3cccc(-c4ccc(-c5ccc6c7ccccc7n(-c7ccccc7)c6c5)cc4)c3)ccc2-c2ccc(-c3ccc4c(c3)c3ccccc3c3nccnc43)cc21. The third-order valence-corrected chi connectivity index (χ3v) is 13.9. The van der Waals surface area contributed by atoms with Crippen LogP contribution in [0.3, 0.4) is 0 Å². The van der Waals surface area contributed by atoms with E-state index in [1.54, 1.807) is 12.4 Å². The molecule has 1 aliphatic carbocycles. The molecule has 0 N–H and O–H groups in total. The first-order chi connectivity index (χ1) is 31.5. The molecule has 0 spiro atoms. The van der Waals surface area contributed by atoms with Gasteiger partial charge in [-0.1, -0.05) is 166 Å². The van der Waals surface area contributed by atoms with E-state index >= 15 is 0 Å². The molecule has 0 fully saturated rings. The maximum absolute atomic E-state index is 4.77. The topological polar surface area (TPSA) is 30.7 Å². The molecule has 0 atom stereocenters. The van der Waals surface area contributed by atoms with Crippen molar-refractivity contribution in [3.63, 3.8) is 0 Å². The maximum Gasteiger partial charge on any atom is 0.0971 e. The fourth-order valence-electron chi connectivity index (χ4n) is 10.6.